The van der Waals surface area contributed by atoms with Crippen molar-refractivity contribution in [3.05, 3.63) is 107 Å². The van der Waals surface area contributed by atoms with Crippen molar-refractivity contribution in [1.82, 2.24) is 14.5 Å². The van der Waals surface area contributed by atoms with Crippen LogP contribution >= 0.6 is 0 Å². The minimum atomic E-state index is -3.67. The van der Waals surface area contributed by atoms with Gasteiger partial charge in [-0.1, -0.05) is 59.2 Å². The molecular weight excluding hydrogens is 464 g/mol. The Bertz CT molecular complexity index is 1460. The highest BCUT2D eigenvalue weighted by Crippen LogP contribution is 2.25. The largest absolute Gasteiger partial charge is 0.407 e. The molecular formula is C26H24N4O4S. The van der Waals surface area contributed by atoms with Gasteiger partial charge in [0.25, 0.3) is 5.91 Å². The molecule has 8 nitrogen and oxygen atoms in total. The topological polar surface area (TPSA) is 105 Å². The molecule has 35 heavy (non-hydrogen) atoms. The van der Waals surface area contributed by atoms with Gasteiger partial charge in [0, 0.05) is 18.7 Å². The number of anilines is 1. The number of carbonyl (C=O) groups is 1. The molecule has 0 saturated carbocycles. The molecule has 0 saturated heterocycles. The maximum Gasteiger partial charge on any atom is 0.322 e. The number of benzene rings is 3. The van der Waals surface area contributed by atoms with Crippen LogP contribution in [-0.2, 0) is 29.4 Å². The molecule has 3 aromatic carbocycles. The molecule has 0 bridgehead atoms. The SMILES string of the molecule is Cc1ccc(Cc2nnc(NC(=O)c3ccc(S(=O)(=O)N4CCc5ccccc5C4)cc3)o2)cc1. The summed E-state index contributed by atoms with van der Waals surface area (Å²) in [5.74, 6) is -0.0833. The second-order valence-electron chi connectivity index (χ2n) is 8.50. The molecule has 0 fully saturated rings. The number of amides is 1. The maximum atomic E-state index is 13.1. The normalized spacial score (nSPS) is 13.9. The Hall–Kier alpha value is -3.82. The average Bonchev–Trinajstić information content (AvgIpc) is 3.31. The minimum absolute atomic E-state index is 0.0132. The fourth-order valence-corrected chi connectivity index (χ4v) is 5.45. The van der Waals surface area contributed by atoms with E-state index in [2.05, 4.69) is 15.5 Å². The van der Waals surface area contributed by atoms with Gasteiger partial charge in [-0.05, 0) is 54.3 Å². The van der Waals surface area contributed by atoms with Gasteiger partial charge in [0.15, 0.2) is 0 Å². The van der Waals surface area contributed by atoms with E-state index in [1.54, 1.807) is 0 Å². The number of nitrogens with zero attached hydrogens (tertiary/aromatic N) is 3. The Morgan fingerprint density at radius 3 is 2.43 bits per heavy atom. The van der Waals surface area contributed by atoms with Gasteiger partial charge in [0.05, 0.1) is 11.3 Å². The van der Waals surface area contributed by atoms with Crippen LogP contribution in [0.1, 0.15) is 38.5 Å². The third-order valence-electron chi connectivity index (χ3n) is 6.01. The third kappa shape index (κ3) is 5.01. The molecule has 4 aromatic rings. The number of fused-ring (bicyclic) bond motifs is 1. The van der Waals surface area contributed by atoms with Crippen molar-refractivity contribution in [1.29, 1.82) is 0 Å². The molecule has 0 spiro atoms. The van der Waals surface area contributed by atoms with Crippen LogP contribution in [-0.4, -0.2) is 35.4 Å². The maximum absolute atomic E-state index is 13.1. The van der Waals surface area contributed by atoms with Gasteiger partial charge in [0.2, 0.25) is 15.9 Å². The molecule has 178 valence electrons. The van der Waals surface area contributed by atoms with E-state index in [-0.39, 0.29) is 16.5 Å². The summed E-state index contributed by atoms with van der Waals surface area (Å²) in [5, 5.41) is 10.4. The van der Waals surface area contributed by atoms with E-state index in [1.165, 1.54) is 34.1 Å². The lowest BCUT2D eigenvalue weighted by molar-refractivity contribution is 0.102. The summed E-state index contributed by atoms with van der Waals surface area (Å²) in [7, 11) is -3.67. The lowest BCUT2D eigenvalue weighted by Gasteiger charge is -2.28. The van der Waals surface area contributed by atoms with Crippen molar-refractivity contribution < 1.29 is 17.6 Å². The molecule has 0 atom stereocenters. The van der Waals surface area contributed by atoms with E-state index >= 15 is 0 Å². The van der Waals surface area contributed by atoms with E-state index in [4.69, 9.17) is 4.42 Å². The van der Waals surface area contributed by atoms with Crippen molar-refractivity contribution in [2.24, 2.45) is 0 Å². The highest BCUT2D eigenvalue weighted by Gasteiger charge is 2.28. The number of sulfonamides is 1. The zero-order valence-electron chi connectivity index (χ0n) is 19.1. The van der Waals surface area contributed by atoms with E-state index in [0.717, 1.165) is 16.7 Å². The highest BCUT2D eigenvalue weighted by molar-refractivity contribution is 7.89. The van der Waals surface area contributed by atoms with Gasteiger partial charge in [-0.3, -0.25) is 10.1 Å². The number of nitrogens with one attached hydrogen (secondary N) is 1. The zero-order valence-corrected chi connectivity index (χ0v) is 20.0. The molecule has 1 aliphatic rings. The molecule has 1 amide bonds. The predicted octanol–water partition coefficient (Wildman–Crippen LogP) is 3.97. The number of hydrogen-bond acceptors (Lipinski definition) is 6. The number of rotatable bonds is 6. The van der Waals surface area contributed by atoms with Crippen LogP contribution in [0.3, 0.4) is 0 Å². The first kappa shape index (κ1) is 22.9. The summed E-state index contributed by atoms with van der Waals surface area (Å²) >= 11 is 0. The third-order valence-corrected chi connectivity index (χ3v) is 7.87. The van der Waals surface area contributed by atoms with Crippen LogP contribution in [0.25, 0.3) is 0 Å². The smallest absolute Gasteiger partial charge is 0.322 e. The van der Waals surface area contributed by atoms with Gasteiger partial charge >= 0.3 is 6.01 Å². The number of aromatic nitrogens is 2. The Kier molecular flexibility index (Phi) is 6.19. The van der Waals surface area contributed by atoms with E-state index in [9.17, 15) is 13.2 Å². The van der Waals surface area contributed by atoms with Crippen LogP contribution < -0.4 is 5.32 Å². The van der Waals surface area contributed by atoms with Gasteiger partial charge in [-0.25, -0.2) is 8.42 Å². The van der Waals surface area contributed by atoms with Crippen molar-refractivity contribution in [3.63, 3.8) is 0 Å². The predicted molar refractivity (Wildman–Crippen MR) is 130 cm³/mol. The molecule has 1 aliphatic heterocycles. The van der Waals surface area contributed by atoms with E-state index in [0.29, 0.717) is 31.8 Å². The molecule has 5 rings (SSSR count). The lowest BCUT2D eigenvalue weighted by atomic mass is 10.0. The summed E-state index contributed by atoms with van der Waals surface area (Å²) < 4.78 is 33.3. The minimum Gasteiger partial charge on any atom is -0.407 e. The highest BCUT2D eigenvalue weighted by atomic mass is 32.2. The molecule has 1 N–H and O–H groups in total. The van der Waals surface area contributed by atoms with Crippen molar-refractivity contribution >= 4 is 21.9 Å². The summed E-state index contributed by atoms with van der Waals surface area (Å²) in [6, 6.07) is 21.7. The molecule has 1 aromatic heterocycles. The van der Waals surface area contributed by atoms with E-state index in [1.807, 2.05) is 55.5 Å². The Morgan fingerprint density at radius 1 is 0.971 bits per heavy atom. The number of aryl methyl sites for hydroxylation is 1. The summed E-state index contributed by atoms with van der Waals surface area (Å²) in [4.78, 5) is 12.8. The summed E-state index contributed by atoms with van der Waals surface area (Å²) in [5.41, 5.74) is 4.65. The van der Waals surface area contributed by atoms with Crippen LogP contribution in [0.4, 0.5) is 6.01 Å². The van der Waals surface area contributed by atoms with Crippen molar-refractivity contribution in [2.75, 3.05) is 11.9 Å². The summed E-state index contributed by atoms with van der Waals surface area (Å²) in [6.45, 7) is 2.77. The van der Waals surface area contributed by atoms with Crippen molar-refractivity contribution in [2.45, 2.75) is 31.2 Å². The second-order valence-corrected chi connectivity index (χ2v) is 10.4. The van der Waals surface area contributed by atoms with Crippen LogP contribution in [0.15, 0.2) is 82.1 Å². The van der Waals surface area contributed by atoms with Gasteiger partial charge in [-0.2, -0.15) is 4.31 Å². The fourth-order valence-electron chi connectivity index (χ4n) is 4.03. The molecule has 2 heterocycles. The number of hydrogen-bond donors (Lipinski definition) is 1. The average molecular weight is 489 g/mol. The monoisotopic (exact) mass is 488 g/mol. The second kappa shape index (κ2) is 9.44. The van der Waals surface area contributed by atoms with Gasteiger partial charge < -0.3 is 4.42 Å². The van der Waals surface area contributed by atoms with Crippen LogP contribution in [0.5, 0.6) is 0 Å². The Labute approximate surface area is 203 Å². The standard InChI is InChI=1S/C26H24N4O4S/c1-18-6-8-19(9-7-18)16-24-28-29-26(34-24)27-25(31)21-10-12-23(13-11-21)35(32,33)30-15-14-20-4-2-3-5-22(20)17-30/h2-13H,14-17H2,1H3,(H,27,29,31). The first-order valence-corrected chi connectivity index (χ1v) is 12.7. The van der Waals surface area contributed by atoms with Crippen LogP contribution in [0.2, 0.25) is 0 Å². The fraction of sp³-hybridized carbons (Fsp3) is 0.192. The number of carbonyl (C=O) groups excluding carboxylic acids is 1. The Morgan fingerprint density at radius 2 is 1.69 bits per heavy atom. The Balaban J connectivity index is 1.24. The zero-order chi connectivity index (χ0) is 24.4. The first-order chi connectivity index (χ1) is 16.9. The van der Waals surface area contributed by atoms with Gasteiger partial charge in [0.1, 0.15) is 0 Å². The van der Waals surface area contributed by atoms with Crippen molar-refractivity contribution in [3.8, 4) is 0 Å². The molecule has 0 radical (unpaired) electrons. The lowest BCUT2D eigenvalue weighted by Crippen LogP contribution is -2.35. The van der Waals surface area contributed by atoms with E-state index < -0.39 is 15.9 Å². The molecule has 0 aliphatic carbocycles. The quantitative estimate of drug-likeness (QED) is 0.440. The molecule has 0 unspecified atom stereocenters. The van der Waals surface area contributed by atoms with Crippen LogP contribution in [0, 0.1) is 6.92 Å². The first-order valence-electron chi connectivity index (χ1n) is 11.2. The van der Waals surface area contributed by atoms with Gasteiger partial charge in [-0.15, -0.1) is 5.10 Å². The summed E-state index contributed by atoms with van der Waals surface area (Å²) in [6.07, 6.45) is 1.13. The molecule has 9 heteroatoms.